The molecule has 2 aromatic rings. The summed E-state index contributed by atoms with van der Waals surface area (Å²) in [6.45, 7) is 7.96. The molecule has 0 aliphatic heterocycles. The second kappa shape index (κ2) is 7.38. The topological polar surface area (TPSA) is 39.3 Å². The number of nitrogens with zero attached hydrogens (tertiary/aromatic N) is 2. The summed E-state index contributed by atoms with van der Waals surface area (Å²) < 4.78 is 1.55. The fraction of sp³-hybridized carbons (Fsp3) is 0.375. The molecule has 0 saturated heterocycles. The van der Waals surface area contributed by atoms with E-state index in [-0.39, 0.29) is 5.56 Å². The lowest BCUT2D eigenvalue weighted by Crippen LogP contribution is -3.11. The third-order valence-corrected chi connectivity index (χ3v) is 3.94. The Balaban J connectivity index is 2.21. The molecule has 0 atom stereocenters. The van der Waals surface area contributed by atoms with Crippen molar-refractivity contribution in [2.24, 2.45) is 0 Å². The van der Waals surface area contributed by atoms with Crippen molar-refractivity contribution < 1.29 is 4.90 Å². The number of rotatable bonds is 6. The van der Waals surface area contributed by atoms with Crippen LogP contribution in [0.5, 0.6) is 0 Å². The lowest BCUT2D eigenvalue weighted by Gasteiger charge is -2.15. The van der Waals surface area contributed by atoms with Crippen molar-refractivity contribution in [3.05, 3.63) is 51.8 Å². The second-order valence-corrected chi connectivity index (χ2v) is 5.43. The molecular weight excluding hydrogens is 286 g/mol. The Kier molecular flexibility index (Phi) is 5.53. The largest absolute Gasteiger partial charge is 0.334 e. The predicted octanol–water partition coefficient (Wildman–Crippen LogP) is 1.49. The van der Waals surface area contributed by atoms with Crippen LogP contribution in [0.2, 0.25) is 5.02 Å². The number of hydrogen-bond donors (Lipinski definition) is 1. The highest BCUT2D eigenvalue weighted by Crippen LogP contribution is 2.18. The van der Waals surface area contributed by atoms with Gasteiger partial charge in [0, 0.05) is 16.7 Å². The summed E-state index contributed by atoms with van der Waals surface area (Å²) in [5.41, 5.74) is 1.70. The predicted molar refractivity (Wildman–Crippen MR) is 85.9 cm³/mol. The molecule has 0 aliphatic carbocycles. The van der Waals surface area contributed by atoms with Gasteiger partial charge in [-0.1, -0.05) is 23.7 Å². The summed E-state index contributed by atoms with van der Waals surface area (Å²) in [6.07, 6.45) is 0. The van der Waals surface area contributed by atoms with Crippen LogP contribution < -0.4 is 10.5 Å². The van der Waals surface area contributed by atoms with Crippen molar-refractivity contribution in [1.29, 1.82) is 0 Å². The van der Waals surface area contributed by atoms with Gasteiger partial charge in [0.25, 0.3) is 5.56 Å². The Hall–Kier alpha value is -1.65. The molecule has 112 valence electrons. The smallest absolute Gasteiger partial charge is 0.266 e. The maximum Gasteiger partial charge on any atom is 0.266 e. The summed E-state index contributed by atoms with van der Waals surface area (Å²) in [7, 11) is 0. The third-order valence-electron chi connectivity index (χ3n) is 3.68. The van der Waals surface area contributed by atoms with Gasteiger partial charge >= 0.3 is 0 Å². The van der Waals surface area contributed by atoms with E-state index in [2.05, 4.69) is 18.9 Å². The fourth-order valence-electron chi connectivity index (χ4n) is 2.25. The Labute approximate surface area is 130 Å². The number of benzene rings is 1. The van der Waals surface area contributed by atoms with E-state index in [1.54, 1.807) is 16.8 Å². The van der Waals surface area contributed by atoms with Gasteiger partial charge in [-0.2, -0.15) is 5.10 Å². The molecule has 0 unspecified atom stereocenters. The molecule has 0 aliphatic rings. The van der Waals surface area contributed by atoms with Crippen molar-refractivity contribution >= 4 is 11.6 Å². The molecule has 1 N–H and O–H groups in total. The van der Waals surface area contributed by atoms with Gasteiger partial charge in [0.2, 0.25) is 0 Å². The quantitative estimate of drug-likeness (QED) is 0.878. The maximum absolute atomic E-state index is 11.9. The van der Waals surface area contributed by atoms with Gasteiger partial charge in [0.15, 0.2) is 0 Å². The van der Waals surface area contributed by atoms with E-state index in [0.717, 1.165) is 30.9 Å². The van der Waals surface area contributed by atoms with Crippen LogP contribution in [-0.2, 0) is 6.54 Å². The zero-order valence-electron chi connectivity index (χ0n) is 12.5. The average molecular weight is 307 g/mol. The highest BCUT2D eigenvalue weighted by atomic mass is 35.5. The first-order chi connectivity index (χ1) is 10.1. The van der Waals surface area contributed by atoms with Crippen molar-refractivity contribution in [3.63, 3.8) is 0 Å². The summed E-state index contributed by atoms with van der Waals surface area (Å²) in [5.74, 6) is 0. The number of quaternary nitrogens is 1. The Morgan fingerprint density at radius 2 is 1.76 bits per heavy atom. The normalized spacial score (nSPS) is 11.0. The Morgan fingerprint density at radius 3 is 2.38 bits per heavy atom. The van der Waals surface area contributed by atoms with E-state index in [1.807, 2.05) is 24.3 Å². The summed E-state index contributed by atoms with van der Waals surface area (Å²) in [5, 5.41) is 5.15. The molecule has 1 heterocycles. The Morgan fingerprint density at radius 1 is 1.10 bits per heavy atom. The van der Waals surface area contributed by atoms with Gasteiger partial charge in [-0.3, -0.25) is 4.79 Å². The number of aromatic nitrogens is 2. The molecule has 0 spiro atoms. The summed E-state index contributed by atoms with van der Waals surface area (Å²) in [6, 6.07) is 10.8. The van der Waals surface area contributed by atoms with Crippen LogP contribution in [0.15, 0.2) is 41.2 Å². The SMILES string of the molecule is CC[NH+](CC)CCn1nc(-c2ccc(Cl)cc2)ccc1=O. The first-order valence-electron chi connectivity index (χ1n) is 7.31. The van der Waals surface area contributed by atoms with Gasteiger partial charge in [0.05, 0.1) is 31.9 Å². The maximum atomic E-state index is 11.9. The van der Waals surface area contributed by atoms with E-state index < -0.39 is 0 Å². The molecule has 0 bridgehead atoms. The minimum atomic E-state index is -0.0562. The molecule has 2 rings (SSSR count). The van der Waals surface area contributed by atoms with Crippen LogP contribution in [0, 0.1) is 0 Å². The van der Waals surface area contributed by atoms with Crippen LogP contribution in [0.25, 0.3) is 11.3 Å². The second-order valence-electron chi connectivity index (χ2n) is 4.99. The van der Waals surface area contributed by atoms with E-state index in [9.17, 15) is 4.79 Å². The van der Waals surface area contributed by atoms with Crippen LogP contribution in [0.3, 0.4) is 0 Å². The van der Waals surface area contributed by atoms with Crippen molar-refractivity contribution in [3.8, 4) is 11.3 Å². The zero-order chi connectivity index (χ0) is 15.2. The fourth-order valence-corrected chi connectivity index (χ4v) is 2.38. The summed E-state index contributed by atoms with van der Waals surface area (Å²) in [4.78, 5) is 13.4. The molecule has 21 heavy (non-hydrogen) atoms. The van der Waals surface area contributed by atoms with Crippen molar-refractivity contribution in [2.45, 2.75) is 20.4 Å². The van der Waals surface area contributed by atoms with Gasteiger partial charge < -0.3 is 4.90 Å². The monoisotopic (exact) mass is 306 g/mol. The molecular formula is C16H21ClN3O+. The minimum Gasteiger partial charge on any atom is -0.334 e. The molecule has 0 amide bonds. The zero-order valence-corrected chi connectivity index (χ0v) is 13.2. The average Bonchev–Trinajstić information content (AvgIpc) is 2.51. The van der Waals surface area contributed by atoms with Gasteiger partial charge in [-0.15, -0.1) is 0 Å². The van der Waals surface area contributed by atoms with E-state index in [0.29, 0.717) is 11.6 Å². The first-order valence-corrected chi connectivity index (χ1v) is 7.69. The van der Waals surface area contributed by atoms with Crippen LogP contribution in [0.1, 0.15) is 13.8 Å². The molecule has 5 heteroatoms. The minimum absolute atomic E-state index is 0.0562. The van der Waals surface area contributed by atoms with Crippen molar-refractivity contribution in [2.75, 3.05) is 19.6 Å². The number of halogens is 1. The molecule has 4 nitrogen and oxygen atoms in total. The van der Waals surface area contributed by atoms with E-state index >= 15 is 0 Å². The van der Waals surface area contributed by atoms with Crippen molar-refractivity contribution in [1.82, 2.24) is 9.78 Å². The molecule has 0 fully saturated rings. The molecule has 0 radical (unpaired) electrons. The van der Waals surface area contributed by atoms with Gasteiger partial charge in [-0.25, -0.2) is 4.68 Å². The van der Waals surface area contributed by atoms with Crippen LogP contribution >= 0.6 is 11.6 Å². The number of nitrogens with one attached hydrogen (secondary N) is 1. The molecule has 0 saturated carbocycles. The summed E-state index contributed by atoms with van der Waals surface area (Å²) >= 11 is 5.89. The third kappa shape index (κ3) is 4.16. The molecule has 1 aromatic heterocycles. The Bertz CT molecular complexity index is 633. The van der Waals surface area contributed by atoms with Crippen LogP contribution in [0.4, 0.5) is 0 Å². The molecule has 1 aromatic carbocycles. The van der Waals surface area contributed by atoms with Gasteiger partial charge in [-0.05, 0) is 32.0 Å². The lowest BCUT2D eigenvalue weighted by atomic mass is 10.1. The number of hydrogen-bond acceptors (Lipinski definition) is 2. The van der Waals surface area contributed by atoms with E-state index in [1.165, 1.54) is 4.90 Å². The van der Waals surface area contributed by atoms with E-state index in [4.69, 9.17) is 11.6 Å². The van der Waals surface area contributed by atoms with Gasteiger partial charge in [0.1, 0.15) is 0 Å². The lowest BCUT2D eigenvalue weighted by molar-refractivity contribution is -0.897. The number of likely N-dealkylation sites (N-methyl/N-ethyl adjacent to an activating group) is 1. The highest BCUT2D eigenvalue weighted by molar-refractivity contribution is 6.30. The highest BCUT2D eigenvalue weighted by Gasteiger charge is 2.07. The standard InChI is InChI=1S/C16H20ClN3O/c1-3-19(4-2)11-12-20-16(21)10-9-15(18-20)13-5-7-14(17)8-6-13/h5-10H,3-4,11-12H2,1-2H3/p+1. The first kappa shape index (κ1) is 15.7. The van der Waals surface area contributed by atoms with Crippen LogP contribution in [-0.4, -0.2) is 29.4 Å².